The summed E-state index contributed by atoms with van der Waals surface area (Å²) >= 11 is 0. The van der Waals surface area contributed by atoms with E-state index >= 15 is 0 Å². The monoisotopic (exact) mass is 496 g/mol. The van der Waals surface area contributed by atoms with E-state index in [1.165, 1.54) is 12.5 Å². The Morgan fingerprint density at radius 2 is 1.57 bits per heavy atom. The number of rotatable bonds is 15. The molecule has 0 saturated heterocycles. The van der Waals surface area contributed by atoms with Crippen molar-refractivity contribution in [2.45, 2.75) is 63.7 Å². The van der Waals surface area contributed by atoms with Crippen LogP contribution >= 0.6 is 0 Å². The molecule has 1 aromatic heterocycles. The van der Waals surface area contributed by atoms with Gasteiger partial charge in [-0.2, -0.15) is 0 Å². The molecule has 35 heavy (non-hydrogen) atoms. The number of aliphatic carboxylic acids is 1. The number of aromatic nitrogens is 2. The third-order valence-corrected chi connectivity index (χ3v) is 4.91. The van der Waals surface area contributed by atoms with Crippen molar-refractivity contribution in [2.75, 3.05) is 0 Å². The zero-order chi connectivity index (χ0) is 26.7. The highest BCUT2D eigenvalue weighted by molar-refractivity contribution is 5.96. The summed E-state index contributed by atoms with van der Waals surface area (Å²) in [6.07, 6.45) is 1.75. The van der Waals surface area contributed by atoms with Crippen LogP contribution in [-0.4, -0.2) is 74.7 Å². The van der Waals surface area contributed by atoms with E-state index < -0.39 is 72.0 Å². The Hall–Kier alpha value is -4.01. The van der Waals surface area contributed by atoms with Crippen LogP contribution in [0.5, 0.6) is 0 Å². The summed E-state index contributed by atoms with van der Waals surface area (Å²) in [5.41, 5.74) is 16.7. The second-order valence-corrected chi connectivity index (χ2v) is 8.25. The number of nitrogens with one attached hydrogen (secondary N) is 4. The Kier molecular flexibility index (Phi) is 11.3. The number of H-pyrrole nitrogens is 1. The van der Waals surface area contributed by atoms with E-state index in [0.717, 1.165) is 0 Å². The molecular weight excluding hydrogens is 464 g/mol. The van der Waals surface area contributed by atoms with Crippen LogP contribution < -0.4 is 33.2 Å². The SMILES string of the molecule is CC(C)C(NC(=O)C(CCC(N)=O)NC(=O)C(CC(N)=O)NC(=O)C(N)Cc1cnc[nH]1)C(=O)O. The number of primary amides is 2. The lowest BCUT2D eigenvalue weighted by atomic mass is 10.0. The molecule has 0 aliphatic heterocycles. The van der Waals surface area contributed by atoms with Gasteiger partial charge in [-0.3, -0.25) is 24.0 Å². The number of imidazole rings is 1. The number of aromatic amines is 1. The lowest BCUT2D eigenvalue weighted by Gasteiger charge is -2.25. The zero-order valence-corrected chi connectivity index (χ0v) is 19.4. The molecule has 0 fully saturated rings. The molecule has 0 radical (unpaired) electrons. The number of carbonyl (C=O) groups is 6. The van der Waals surface area contributed by atoms with E-state index in [4.69, 9.17) is 17.2 Å². The van der Waals surface area contributed by atoms with Gasteiger partial charge in [0.15, 0.2) is 0 Å². The van der Waals surface area contributed by atoms with Gasteiger partial charge in [-0.05, 0) is 12.3 Å². The highest BCUT2D eigenvalue weighted by Gasteiger charge is 2.32. The molecule has 15 heteroatoms. The Bertz CT molecular complexity index is 919. The van der Waals surface area contributed by atoms with Gasteiger partial charge in [-0.1, -0.05) is 13.8 Å². The molecule has 1 rings (SSSR count). The molecule has 0 aliphatic rings. The molecule has 0 saturated carbocycles. The Labute approximate surface area is 200 Å². The molecule has 194 valence electrons. The number of hydrogen-bond donors (Lipinski definition) is 8. The van der Waals surface area contributed by atoms with Crippen molar-refractivity contribution in [3.63, 3.8) is 0 Å². The van der Waals surface area contributed by atoms with Crippen LogP contribution in [-0.2, 0) is 35.2 Å². The lowest BCUT2D eigenvalue weighted by Crippen LogP contribution is -2.58. The van der Waals surface area contributed by atoms with E-state index in [0.29, 0.717) is 5.69 Å². The predicted octanol–water partition coefficient (Wildman–Crippen LogP) is -3.38. The van der Waals surface area contributed by atoms with Gasteiger partial charge in [0, 0.05) is 24.7 Å². The van der Waals surface area contributed by atoms with Crippen LogP contribution in [0.4, 0.5) is 0 Å². The number of hydrogen-bond acceptors (Lipinski definition) is 8. The fourth-order valence-corrected chi connectivity index (χ4v) is 3.01. The molecule has 0 aliphatic carbocycles. The summed E-state index contributed by atoms with van der Waals surface area (Å²) in [6, 6.07) is -5.24. The largest absolute Gasteiger partial charge is 0.480 e. The molecule has 0 spiro atoms. The van der Waals surface area contributed by atoms with Crippen molar-refractivity contribution in [1.29, 1.82) is 0 Å². The summed E-state index contributed by atoms with van der Waals surface area (Å²) in [7, 11) is 0. The first kappa shape index (κ1) is 29.0. The minimum atomic E-state index is -1.49. The Morgan fingerprint density at radius 1 is 0.971 bits per heavy atom. The maximum absolute atomic E-state index is 12.9. The standard InChI is InChI=1S/C20H32N8O7/c1-9(2)16(20(34)35)28-18(32)12(3-4-14(22)29)26-19(33)13(6-15(23)30)27-17(31)11(21)5-10-7-24-8-25-10/h7-9,11-13,16H,3-6,21H2,1-2H3,(H2,22,29)(H2,23,30)(H,24,25)(H,26,33)(H,27,31)(H,28,32)(H,34,35). The van der Waals surface area contributed by atoms with Gasteiger partial charge in [0.1, 0.15) is 18.1 Å². The smallest absolute Gasteiger partial charge is 0.326 e. The van der Waals surface area contributed by atoms with Crippen LogP contribution in [0.3, 0.4) is 0 Å². The maximum atomic E-state index is 12.9. The van der Waals surface area contributed by atoms with Gasteiger partial charge in [0.05, 0.1) is 18.8 Å². The summed E-state index contributed by atoms with van der Waals surface area (Å²) in [5, 5.41) is 16.2. The van der Waals surface area contributed by atoms with Gasteiger partial charge in [0.25, 0.3) is 0 Å². The third-order valence-electron chi connectivity index (χ3n) is 4.91. The van der Waals surface area contributed by atoms with Crippen molar-refractivity contribution in [3.8, 4) is 0 Å². The topological polar surface area (TPSA) is 265 Å². The van der Waals surface area contributed by atoms with Crippen LogP contribution in [0.25, 0.3) is 0 Å². The fraction of sp³-hybridized carbons (Fsp3) is 0.550. The van der Waals surface area contributed by atoms with E-state index in [1.54, 1.807) is 13.8 Å². The molecule has 1 heterocycles. The van der Waals surface area contributed by atoms with Crippen molar-refractivity contribution in [2.24, 2.45) is 23.1 Å². The summed E-state index contributed by atoms with van der Waals surface area (Å²) in [6.45, 7) is 3.14. The minimum absolute atomic E-state index is 0.0617. The summed E-state index contributed by atoms with van der Waals surface area (Å²) in [4.78, 5) is 78.8. The number of nitrogens with two attached hydrogens (primary N) is 3. The van der Waals surface area contributed by atoms with E-state index in [1.807, 2.05) is 0 Å². The molecule has 11 N–H and O–H groups in total. The van der Waals surface area contributed by atoms with Gasteiger partial charge in [-0.25, -0.2) is 9.78 Å². The molecule has 5 amide bonds. The van der Waals surface area contributed by atoms with Gasteiger partial charge < -0.3 is 43.2 Å². The van der Waals surface area contributed by atoms with E-state index in [9.17, 15) is 33.9 Å². The maximum Gasteiger partial charge on any atom is 0.326 e. The highest BCUT2D eigenvalue weighted by atomic mass is 16.4. The first-order valence-electron chi connectivity index (χ1n) is 10.7. The normalized spacial score (nSPS) is 14.3. The Morgan fingerprint density at radius 3 is 2.06 bits per heavy atom. The average molecular weight is 497 g/mol. The number of nitrogens with zero attached hydrogens (tertiary/aromatic N) is 1. The third kappa shape index (κ3) is 10.2. The van der Waals surface area contributed by atoms with Crippen LogP contribution in [0.1, 0.15) is 38.8 Å². The minimum Gasteiger partial charge on any atom is -0.480 e. The van der Waals surface area contributed by atoms with Crippen LogP contribution in [0, 0.1) is 5.92 Å². The predicted molar refractivity (Wildman–Crippen MR) is 121 cm³/mol. The second-order valence-electron chi connectivity index (χ2n) is 8.25. The highest BCUT2D eigenvalue weighted by Crippen LogP contribution is 2.06. The summed E-state index contributed by atoms with van der Waals surface area (Å²) in [5.74, 6) is -6.09. The van der Waals surface area contributed by atoms with Gasteiger partial charge >= 0.3 is 5.97 Å². The fourth-order valence-electron chi connectivity index (χ4n) is 3.01. The molecular formula is C20H32N8O7. The molecule has 0 bridgehead atoms. The number of carboxylic acids is 1. The first-order valence-corrected chi connectivity index (χ1v) is 10.7. The lowest BCUT2D eigenvalue weighted by molar-refractivity contribution is -0.143. The van der Waals surface area contributed by atoms with Crippen molar-refractivity contribution in [3.05, 3.63) is 18.2 Å². The number of carbonyl (C=O) groups excluding carboxylic acids is 5. The average Bonchev–Trinajstić information content (AvgIpc) is 3.25. The summed E-state index contributed by atoms with van der Waals surface area (Å²) < 4.78 is 0. The number of amides is 5. The van der Waals surface area contributed by atoms with Gasteiger partial charge in [-0.15, -0.1) is 0 Å². The van der Waals surface area contributed by atoms with Crippen molar-refractivity contribution >= 4 is 35.5 Å². The van der Waals surface area contributed by atoms with Crippen LogP contribution in [0.2, 0.25) is 0 Å². The van der Waals surface area contributed by atoms with Crippen molar-refractivity contribution < 1.29 is 33.9 Å². The van der Waals surface area contributed by atoms with E-state index in [2.05, 4.69) is 25.9 Å². The van der Waals surface area contributed by atoms with E-state index in [-0.39, 0.29) is 19.3 Å². The first-order chi connectivity index (χ1) is 16.3. The molecule has 15 nitrogen and oxygen atoms in total. The second kappa shape index (κ2) is 13.6. The number of carboxylic acid groups (broad SMARTS) is 1. The molecule has 4 atom stereocenters. The zero-order valence-electron chi connectivity index (χ0n) is 19.4. The van der Waals surface area contributed by atoms with Gasteiger partial charge in [0.2, 0.25) is 29.5 Å². The van der Waals surface area contributed by atoms with Crippen LogP contribution in [0.15, 0.2) is 12.5 Å². The molecule has 1 aromatic rings. The molecule has 4 unspecified atom stereocenters. The quantitative estimate of drug-likeness (QED) is 0.120. The Balaban J connectivity index is 2.98. The van der Waals surface area contributed by atoms with Crippen molar-refractivity contribution in [1.82, 2.24) is 25.9 Å². The molecule has 0 aromatic carbocycles.